The number of aromatic nitrogens is 6. The molecule has 0 saturated carbocycles. The molecule has 0 amide bonds. The van der Waals surface area contributed by atoms with Crippen LogP contribution >= 0.6 is 0 Å². The van der Waals surface area contributed by atoms with E-state index in [-0.39, 0.29) is 0 Å². The predicted molar refractivity (Wildman–Crippen MR) is 94.8 cm³/mol. The van der Waals surface area contributed by atoms with Crippen molar-refractivity contribution in [2.75, 3.05) is 5.32 Å². The average molecular weight is 331 g/mol. The lowest BCUT2D eigenvalue weighted by Crippen LogP contribution is -2.08. The highest BCUT2D eigenvalue weighted by molar-refractivity contribution is 5.40. The predicted octanol–water partition coefficient (Wildman–Crippen LogP) is 2.77. The third kappa shape index (κ3) is 3.25. The summed E-state index contributed by atoms with van der Waals surface area (Å²) in [5.41, 5.74) is 4.03. The molecule has 0 aliphatic rings. The molecule has 0 aliphatic carbocycles. The van der Waals surface area contributed by atoms with E-state index in [1.807, 2.05) is 78.5 Å². The standard InChI is InChI=1S/C18H17N7/c1-14-7-9-17(10-8-14)25-18(20-22-23-25)19-13-15-11-12-24(21-15)16-5-3-2-4-6-16/h2-12H,13H2,1H3,(H,19,20,23). The minimum atomic E-state index is 0.534. The Morgan fingerprint density at radius 1 is 0.920 bits per heavy atom. The number of tetrazole rings is 1. The lowest BCUT2D eigenvalue weighted by atomic mass is 10.2. The second-order valence-corrected chi connectivity index (χ2v) is 5.69. The van der Waals surface area contributed by atoms with E-state index < -0.39 is 0 Å². The van der Waals surface area contributed by atoms with Gasteiger partial charge in [-0.15, -0.1) is 0 Å². The van der Waals surface area contributed by atoms with Crippen molar-refractivity contribution in [3.05, 3.63) is 78.1 Å². The third-order valence-corrected chi connectivity index (χ3v) is 3.84. The number of hydrogen-bond acceptors (Lipinski definition) is 5. The van der Waals surface area contributed by atoms with Gasteiger partial charge in [0.05, 0.1) is 23.6 Å². The first-order valence-electron chi connectivity index (χ1n) is 7.99. The van der Waals surface area contributed by atoms with Crippen LogP contribution in [-0.4, -0.2) is 30.0 Å². The van der Waals surface area contributed by atoms with Crippen LogP contribution in [0.4, 0.5) is 5.95 Å². The fraction of sp³-hybridized carbons (Fsp3) is 0.111. The lowest BCUT2D eigenvalue weighted by molar-refractivity contribution is 0.787. The van der Waals surface area contributed by atoms with Gasteiger partial charge in [-0.25, -0.2) is 4.68 Å². The minimum Gasteiger partial charge on any atom is -0.347 e. The molecule has 1 N–H and O–H groups in total. The van der Waals surface area contributed by atoms with E-state index in [0.29, 0.717) is 12.5 Å². The van der Waals surface area contributed by atoms with Crippen LogP contribution in [0.5, 0.6) is 0 Å². The number of benzene rings is 2. The Balaban J connectivity index is 1.49. The summed E-state index contributed by atoms with van der Waals surface area (Å²) in [5.74, 6) is 0.582. The van der Waals surface area contributed by atoms with Crippen molar-refractivity contribution in [2.45, 2.75) is 13.5 Å². The van der Waals surface area contributed by atoms with Crippen LogP contribution in [0.3, 0.4) is 0 Å². The molecule has 2 aromatic heterocycles. The average Bonchev–Trinajstić information content (AvgIpc) is 3.31. The summed E-state index contributed by atoms with van der Waals surface area (Å²) in [6, 6.07) is 20.0. The smallest absolute Gasteiger partial charge is 0.248 e. The zero-order chi connectivity index (χ0) is 17.1. The summed E-state index contributed by atoms with van der Waals surface area (Å²) in [4.78, 5) is 0. The maximum absolute atomic E-state index is 4.57. The van der Waals surface area contributed by atoms with E-state index in [4.69, 9.17) is 0 Å². The highest BCUT2D eigenvalue weighted by Gasteiger charge is 2.09. The number of aryl methyl sites for hydroxylation is 1. The molecule has 7 heteroatoms. The van der Waals surface area contributed by atoms with Crippen LogP contribution in [0.1, 0.15) is 11.3 Å². The van der Waals surface area contributed by atoms with Gasteiger partial charge < -0.3 is 5.32 Å². The van der Waals surface area contributed by atoms with Crippen LogP contribution in [-0.2, 0) is 6.54 Å². The van der Waals surface area contributed by atoms with Gasteiger partial charge >= 0.3 is 0 Å². The SMILES string of the molecule is Cc1ccc(-n2nnnc2NCc2ccn(-c3ccccc3)n2)cc1. The summed E-state index contributed by atoms with van der Waals surface area (Å²) < 4.78 is 3.52. The summed E-state index contributed by atoms with van der Waals surface area (Å²) in [5, 5.41) is 19.7. The summed E-state index contributed by atoms with van der Waals surface area (Å²) in [6.07, 6.45) is 1.94. The van der Waals surface area contributed by atoms with Gasteiger partial charge in [0, 0.05) is 6.20 Å². The molecular formula is C18H17N7. The molecule has 0 unspecified atom stereocenters. The van der Waals surface area contributed by atoms with Gasteiger partial charge in [-0.05, 0) is 47.7 Å². The van der Waals surface area contributed by atoms with E-state index in [9.17, 15) is 0 Å². The molecular weight excluding hydrogens is 314 g/mol. The zero-order valence-corrected chi connectivity index (χ0v) is 13.7. The third-order valence-electron chi connectivity index (χ3n) is 3.84. The lowest BCUT2D eigenvalue weighted by Gasteiger charge is -2.06. The van der Waals surface area contributed by atoms with Crippen molar-refractivity contribution in [3.8, 4) is 11.4 Å². The van der Waals surface area contributed by atoms with Gasteiger partial charge in [-0.3, -0.25) is 0 Å². The first-order valence-corrected chi connectivity index (χ1v) is 7.99. The first kappa shape index (κ1) is 15.1. The maximum Gasteiger partial charge on any atom is 0.248 e. The minimum absolute atomic E-state index is 0.534. The Labute approximate surface area is 144 Å². The van der Waals surface area contributed by atoms with Crippen LogP contribution in [0.15, 0.2) is 66.9 Å². The fourth-order valence-corrected chi connectivity index (χ4v) is 2.51. The van der Waals surface area contributed by atoms with Crippen LogP contribution < -0.4 is 5.32 Å². The summed E-state index contributed by atoms with van der Waals surface area (Å²) >= 11 is 0. The molecule has 0 aliphatic heterocycles. The van der Waals surface area contributed by atoms with E-state index in [0.717, 1.165) is 17.1 Å². The quantitative estimate of drug-likeness (QED) is 0.609. The molecule has 2 aromatic carbocycles. The van der Waals surface area contributed by atoms with Crippen molar-refractivity contribution in [3.63, 3.8) is 0 Å². The number of para-hydroxylation sites is 1. The molecule has 0 atom stereocenters. The highest BCUT2D eigenvalue weighted by Crippen LogP contribution is 2.13. The normalized spacial score (nSPS) is 10.8. The van der Waals surface area contributed by atoms with Crippen molar-refractivity contribution in [1.82, 2.24) is 30.0 Å². The molecule has 7 nitrogen and oxygen atoms in total. The van der Waals surface area contributed by atoms with Gasteiger partial charge in [-0.2, -0.15) is 9.78 Å². The number of anilines is 1. The van der Waals surface area contributed by atoms with Crippen LogP contribution in [0.2, 0.25) is 0 Å². The highest BCUT2D eigenvalue weighted by atomic mass is 15.6. The maximum atomic E-state index is 4.57. The van der Waals surface area contributed by atoms with E-state index in [2.05, 4.69) is 25.9 Å². The first-order chi connectivity index (χ1) is 12.3. The molecule has 0 fully saturated rings. The summed E-state index contributed by atoms with van der Waals surface area (Å²) in [7, 11) is 0. The van der Waals surface area contributed by atoms with E-state index in [1.165, 1.54) is 5.56 Å². The number of nitrogens with one attached hydrogen (secondary N) is 1. The molecule has 0 radical (unpaired) electrons. The Morgan fingerprint density at radius 2 is 1.72 bits per heavy atom. The molecule has 4 rings (SSSR count). The van der Waals surface area contributed by atoms with Gasteiger partial charge in [0.25, 0.3) is 0 Å². The number of rotatable bonds is 5. The molecule has 0 bridgehead atoms. The van der Waals surface area contributed by atoms with Crippen molar-refractivity contribution < 1.29 is 0 Å². The van der Waals surface area contributed by atoms with E-state index in [1.54, 1.807) is 4.68 Å². The largest absolute Gasteiger partial charge is 0.347 e. The van der Waals surface area contributed by atoms with Crippen LogP contribution in [0.25, 0.3) is 11.4 Å². The number of nitrogens with zero attached hydrogens (tertiary/aromatic N) is 6. The topological polar surface area (TPSA) is 73.5 Å². The van der Waals surface area contributed by atoms with Gasteiger partial charge in [-0.1, -0.05) is 41.0 Å². The zero-order valence-electron chi connectivity index (χ0n) is 13.7. The molecule has 0 spiro atoms. The van der Waals surface area contributed by atoms with Crippen molar-refractivity contribution in [1.29, 1.82) is 0 Å². The molecule has 4 aromatic rings. The molecule has 0 saturated heterocycles. The monoisotopic (exact) mass is 331 g/mol. The molecule has 124 valence electrons. The van der Waals surface area contributed by atoms with Gasteiger partial charge in [0.15, 0.2) is 0 Å². The van der Waals surface area contributed by atoms with Crippen molar-refractivity contribution in [2.24, 2.45) is 0 Å². The van der Waals surface area contributed by atoms with E-state index >= 15 is 0 Å². The number of hydrogen-bond donors (Lipinski definition) is 1. The second kappa shape index (κ2) is 6.56. The van der Waals surface area contributed by atoms with Gasteiger partial charge in [0.1, 0.15) is 0 Å². The Kier molecular flexibility index (Phi) is 3.96. The molecule has 25 heavy (non-hydrogen) atoms. The second-order valence-electron chi connectivity index (χ2n) is 5.69. The Morgan fingerprint density at radius 3 is 2.52 bits per heavy atom. The molecule has 2 heterocycles. The van der Waals surface area contributed by atoms with Crippen LogP contribution in [0, 0.1) is 6.92 Å². The van der Waals surface area contributed by atoms with Gasteiger partial charge in [0.2, 0.25) is 5.95 Å². The Bertz CT molecular complexity index is 955. The van der Waals surface area contributed by atoms with Crippen molar-refractivity contribution >= 4 is 5.95 Å². The fourth-order valence-electron chi connectivity index (χ4n) is 2.51. The Hall–Kier alpha value is -3.48. The summed E-state index contributed by atoms with van der Waals surface area (Å²) in [6.45, 7) is 2.58.